The number of ether oxygens (including phenoxy) is 2. The molecule has 31 heavy (non-hydrogen) atoms. The van der Waals surface area contributed by atoms with E-state index < -0.39 is 11.7 Å². The van der Waals surface area contributed by atoms with Crippen LogP contribution < -0.4 is 10.5 Å². The van der Waals surface area contributed by atoms with Crippen LogP contribution in [0.25, 0.3) is 0 Å². The zero-order chi connectivity index (χ0) is 23.0. The summed E-state index contributed by atoms with van der Waals surface area (Å²) in [5, 5.41) is 0. The number of allylic oxidation sites excluding steroid dienone is 1. The standard InChI is InChI=1S/C22H30F2N4O3/c1-15(26-16-6-8-17(9-7-16)30-21(5,23)24)18(10-25)27-11-22(12-27)13-28(14-22)19(29)31-20(2,3)4/h6-10H,11-14,25H2,1-5H3/b18-10+,26-15?. The molecule has 1 aromatic carbocycles. The molecule has 2 saturated heterocycles. The van der Waals surface area contributed by atoms with Crippen LogP contribution in [0.3, 0.4) is 0 Å². The van der Waals surface area contributed by atoms with Gasteiger partial charge < -0.3 is 25.0 Å². The van der Waals surface area contributed by atoms with E-state index >= 15 is 0 Å². The van der Waals surface area contributed by atoms with Crippen molar-refractivity contribution in [2.75, 3.05) is 26.2 Å². The van der Waals surface area contributed by atoms with Crippen molar-refractivity contribution in [1.29, 1.82) is 0 Å². The number of halogens is 2. The molecule has 1 spiro atoms. The molecule has 0 radical (unpaired) electrons. The van der Waals surface area contributed by atoms with Crippen molar-refractivity contribution in [1.82, 2.24) is 9.80 Å². The minimum absolute atomic E-state index is 0.0653. The number of nitrogens with zero attached hydrogens (tertiary/aromatic N) is 3. The van der Waals surface area contributed by atoms with Gasteiger partial charge in [0.2, 0.25) is 0 Å². The van der Waals surface area contributed by atoms with Gasteiger partial charge in [0.25, 0.3) is 0 Å². The van der Waals surface area contributed by atoms with Gasteiger partial charge in [-0.2, -0.15) is 8.78 Å². The number of carbonyl (C=O) groups excluding carboxylic acids is 1. The first kappa shape index (κ1) is 22.8. The van der Waals surface area contributed by atoms with E-state index in [0.717, 1.165) is 24.5 Å². The van der Waals surface area contributed by atoms with Crippen molar-refractivity contribution >= 4 is 17.5 Å². The minimum Gasteiger partial charge on any atom is -0.444 e. The van der Waals surface area contributed by atoms with Gasteiger partial charge in [0.15, 0.2) is 0 Å². The quantitative estimate of drug-likeness (QED) is 0.703. The third-order valence-corrected chi connectivity index (χ3v) is 5.06. The molecule has 9 heteroatoms. The van der Waals surface area contributed by atoms with Crippen LogP contribution in [-0.2, 0) is 4.74 Å². The van der Waals surface area contributed by atoms with Crippen LogP contribution in [0.15, 0.2) is 41.2 Å². The molecule has 0 atom stereocenters. The van der Waals surface area contributed by atoms with Gasteiger partial charge >= 0.3 is 12.2 Å². The third kappa shape index (κ3) is 5.65. The van der Waals surface area contributed by atoms with E-state index in [9.17, 15) is 13.6 Å². The van der Waals surface area contributed by atoms with Crippen LogP contribution in [0.4, 0.5) is 19.3 Å². The highest BCUT2D eigenvalue weighted by Gasteiger charge is 2.54. The smallest absolute Gasteiger partial charge is 0.410 e. The van der Waals surface area contributed by atoms with Gasteiger partial charge in [0, 0.05) is 44.7 Å². The van der Waals surface area contributed by atoms with Crippen molar-refractivity contribution < 1.29 is 23.0 Å². The first-order valence-corrected chi connectivity index (χ1v) is 10.2. The summed E-state index contributed by atoms with van der Waals surface area (Å²) in [7, 11) is 0. The highest BCUT2D eigenvalue weighted by molar-refractivity contribution is 5.99. The maximum Gasteiger partial charge on any atom is 0.410 e. The number of likely N-dealkylation sites (tertiary alicyclic amines) is 2. The fourth-order valence-corrected chi connectivity index (χ4v) is 3.85. The summed E-state index contributed by atoms with van der Waals surface area (Å²) in [6.45, 7) is 11.0. The van der Waals surface area contributed by atoms with Crippen molar-refractivity contribution in [2.24, 2.45) is 16.1 Å². The predicted molar refractivity (Wildman–Crippen MR) is 115 cm³/mol. The minimum atomic E-state index is -3.23. The van der Waals surface area contributed by atoms with Crippen LogP contribution in [0.1, 0.15) is 34.6 Å². The summed E-state index contributed by atoms with van der Waals surface area (Å²) < 4.78 is 35.8. The van der Waals surface area contributed by atoms with Gasteiger partial charge in [-0.15, -0.1) is 0 Å². The second-order valence-electron chi connectivity index (χ2n) is 9.35. The maximum absolute atomic E-state index is 12.9. The number of alkyl halides is 2. The molecule has 0 unspecified atom stereocenters. The molecule has 0 bridgehead atoms. The molecule has 3 rings (SSSR count). The lowest BCUT2D eigenvalue weighted by Crippen LogP contribution is -2.73. The van der Waals surface area contributed by atoms with Crippen LogP contribution in [0, 0.1) is 5.41 Å². The Balaban J connectivity index is 1.55. The number of carbonyl (C=O) groups is 1. The van der Waals surface area contributed by atoms with Gasteiger partial charge in [-0.3, -0.25) is 4.99 Å². The molecule has 1 aromatic rings. The Hall–Kier alpha value is -2.84. The first-order valence-electron chi connectivity index (χ1n) is 10.2. The lowest BCUT2D eigenvalue weighted by Gasteiger charge is -2.60. The molecular weight excluding hydrogens is 406 g/mol. The number of aliphatic imine (C=N–C) groups is 1. The SMILES string of the molecule is CC(=Nc1ccc(OC(C)(F)F)cc1)/C(=C\N)N1CC2(CN(C(=O)OC(C)(C)C)C2)C1. The van der Waals surface area contributed by atoms with E-state index in [0.29, 0.717) is 25.7 Å². The summed E-state index contributed by atoms with van der Waals surface area (Å²) in [5.41, 5.74) is 7.55. The fourth-order valence-electron chi connectivity index (χ4n) is 3.85. The molecule has 2 fully saturated rings. The summed E-state index contributed by atoms with van der Waals surface area (Å²) in [6, 6.07) is 6.13. The summed E-state index contributed by atoms with van der Waals surface area (Å²) >= 11 is 0. The topological polar surface area (TPSA) is 80.4 Å². The number of nitrogens with two attached hydrogens (primary N) is 1. The van der Waals surface area contributed by atoms with Gasteiger partial charge in [0.05, 0.1) is 17.1 Å². The Bertz CT molecular complexity index is 872. The van der Waals surface area contributed by atoms with E-state index in [1.54, 1.807) is 17.0 Å². The number of rotatable bonds is 5. The number of hydrogen-bond acceptors (Lipinski definition) is 6. The molecule has 0 saturated carbocycles. The number of hydrogen-bond donors (Lipinski definition) is 1. The lowest BCUT2D eigenvalue weighted by atomic mass is 9.72. The largest absolute Gasteiger partial charge is 0.444 e. The Morgan fingerprint density at radius 2 is 1.65 bits per heavy atom. The van der Waals surface area contributed by atoms with E-state index in [4.69, 9.17) is 10.5 Å². The molecule has 2 aliphatic heterocycles. The van der Waals surface area contributed by atoms with Crippen molar-refractivity contribution in [3.63, 3.8) is 0 Å². The monoisotopic (exact) mass is 436 g/mol. The fraction of sp³-hybridized carbons (Fsp3) is 0.545. The molecule has 0 aliphatic carbocycles. The highest BCUT2D eigenvalue weighted by Crippen LogP contribution is 2.42. The molecule has 7 nitrogen and oxygen atoms in total. The van der Waals surface area contributed by atoms with E-state index in [2.05, 4.69) is 14.6 Å². The second kappa shape index (κ2) is 8.01. The summed E-state index contributed by atoms with van der Waals surface area (Å²) in [5.74, 6) is 0.0721. The first-order chi connectivity index (χ1) is 14.3. The van der Waals surface area contributed by atoms with Gasteiger partial charge in [-0.05, 0) is 52.0 Å². The average Bonchev–Trinajstić information content (AvgIpc) is 2.54. The zero-order valence-electron chi connectivity index (χ0n) is 18.6. The zero-order valence-corrected chi connectivity index (χ0v) is 18.6. The number of benzene rings is 1. The van der Waals surface area contributed by atoms with Crippen LogP contribution in [-0.4, -0.2) is 59.5 Å². The lowest BCUT2D eigenvalue weighted by molar-refractivity contribution is -0.158. The third-order valence-electron chi connectivity index (χ3n) is 5.06. The highest BCUT2D eigenvalue weighted by atomic mass is 19.3. The number of amides is 1. The average molecular weight is 437 g/mol. The Kier molecular flexibility index (Phi) is 5.90. The van der Waals surface area contributed by atoms with Crippen molar-refractivity contribution in [3.8, 4) is 5.75 Å². The molecular formula is C22H30F2N4O3. The molecule has 1 amide bonds. The van der Waals surface area contributed by atoms with Gasteiger partial charge in [-0.1, -0.05) is 0 Å². The van der Waals surface area contributed by atoms with E-state index in [1.807, 2.05) is 27.7 Å². The Morgan fingerprint density at radius 3 is 2.13 bits per heavy atom. The Morgan fingerprint density at radius 1 is 1.10 bits per heavy atom. The second-order valence-corrected chi connectivity index (χ2v) is 9.35. The van der Waals surface area contributed by atoms with Crippen LogP contribution in [0.2, 0.25) is 0 Å². The maximum atomic E-state index is 12.9. The van der Waals surface area contributed by atoms with E-state index in [-0.39, 0.29) is 17.3 Å². The molecule has 0 aromatic heterocycles. The normalized spacial score (nSPS) is 19.1. The van der Waals surface area contributed by atoms with Crippen molar-refractivity contribution in [3.05, 3.63) is 36.2 Å². The van der Waals surface area contributed by atoms with E-state index in [1.165, 1.54) is 18.3 Å². The van der Waals surface area contributed by atoms with Gasteiger partial charge in [0.1, 0.15) is 11.4 Å². The Labute approximate surface area is 181 Å². The molecule has 2 N–H and O–H groups in total. The molecule has 170 valence electrons. The summed E-state index contributed by atoms with van der Waals surface area (Å²) in [6.07, 6.45) is -1.99. The van der Waals surface area contributed by atoms with Gasteiger partial charge in [-0.25, -0.2) is 4.79 Å². The van der Waals surface area contributed by atoms with Crippen LogP contribution >= 0.6 is 0 Å². The summed E-state index contributed by atoms with van der Waals surface area (Å²) in [4.78, 5) is 20.5. The van der Waals surface area contributed by atoms with Crippen molar-refractivity contribution in [2.45, 2.75) is 46.3 Å². The van der Waals surface area contributed by atoms with Crippen LogP contribution in [0.5, 0.6) is 5.75 Å². The molecule has 2 aliphatic rings. The predicted octanol–water partition coefficient (Wildman–Crippen LogP) is 4.12. The molecule has 2 heterocycles.